The molecule has 0 radical (unpaired) electrons. The molecule has 2 atom stereocenters. The van der Waals surface area contributed by atoms with Crippen LogP contribution in [0.15, 0.2) is 0 Å². The number of carbonyl (C=O) groups excluding carboxylic acids is 1. The molecule has 0 spiro atoms. The first-order valence-corrected chi connectivity index (χ1v) is 8.33. The van der Waals surface area contributed by atoms with Gasteiger partial charge in [-0.05, 0) is 51.6 Å². The normalized spacial score (nSPS) is 32.5. The fraction of sp³-hybridized carbons (Fsp3) is 0.941. The Labute approximate surface area is 129 Å². The predicted molar refractivity (Wildman–Crippen MR) is 85.2 cm³/mol. The summed E-state index contributed by atoms with van der Waals surface area (Å²) >= 11 is 0. The molecular weight excluding hydrogens is 264 g/mol. The van der Waals surface area contributed by atoms with Gasteiger partial charge >= 0.3 is 0 Å². The highest BCUT2D eigenvalue weighted by Crippen LogP contribution is 2.53. The summed E-state index contributed by atoms with van der Waals surface area (Å²) in [7, 11) is 3.74. The maximum absolute atomic E-state index is 12.5. The lowest BCUT2D eigenvalue weighted by Gasteiger charge is -2.61. The van der Waals surface area contributed by atoms with Gasteiger partial charge in [0.15, 0.2) is 0 Å². The van der Waals surface area contributed by atoms with Crippen molar-refractivity contribution < 1.29 is 9.53 Å². The van der Waals surface area contributed by atoms with Gasteiger partial charge in [-0.2, -0.15) is 0 Å². The van der Waals surface area contributed by atoms with Crippen LogP contribution in [0.4, 0.5) is 0 Å². The fourth-order valence-corrected chi connectivity index (χ4v) is 3.92. The molecule has 0 aromatic carbocycles. The van der Waals surface area contributed by atoms with E-state index in [0.717, 1.165) is 31.8 Å². The van der Waals surface area contributed by atoms with E-state index >= 15 is 0 Å². The van der Waals surface area contributed by atoms with Gasteiger partial charge in [0.2, 0.25) is 5.91 Å². The average molecular weight is 296 g/mol. The van der Waals surface area contributed by atoms with Crippen LogP contribution < -0.4 is 5.32 Å². The van der Waals surface area contributed by atoms with Crippen molar-refractivity contribution in [1.82, 2.24) is 10.2 Å². The summed E-state index contributed by atoms with van der Waals surface area (Å²) in [6.45, 7) is 8.78. The SMILES string of the molecule is COC1(C)CC(N(C)C(=O)CCC2CCNCC2)C1(C)C. The summed E-state index contributed by atoms with van der Waals surface area (Å²) in [5.74, 6) is 1.02. The average Bonchev–Trinajstić information content (AvgIpc) is 2.50. The van der Waals surface area contributed by atoms with Crippen LogP contribution in [0.5, 0.6) is 0 Å². The molecule has 2 fully saturated rings. The third-order valence-electron chi connectivity index (χ3n) is 6.32. The minimum Gasteiger partial charge on any atom is -0.378 e. The highest BCUT2D eigenvalue weighted by Gasteiger charge is 2.59. The van der Waals surface area contributed by atoms with Crippen LogP contribution in [0.1, 0.15) is 52.9 Å². The molecule has 21 heavy (non-hydrogen) atoms. The molecule has 1 saturated carbocycles. The van der Waals surface area contributed by atoms with E-state index < -0.39 is 0 Å². The summed E-state index contributed by atoms with van der Waals surface area (Å²) in [5, 5.41) is 3.38. The van der Waals surface area contributed by atoms with Crippen molar-refractivity contribution in [3.63, 3.8) is 0 Å². The zero-order valence-corrected chi connectivity index (χ0v) is 14.4. The lowest BCUT2D eigenvalue weighted by molar-refractivity contribution is -0.207. The van der Waals surface area contributed by atoms with Crippen LogP contribution in [0.25, 0.3) is 0 Å². The Balaban J connectivity index is 1.83. The zero-order valence-electron chi connectivity index (χ0n) is 14.4. The summed E-state index contributed by atoms with van der Waals surface area (Å²) in [4.78, 5) is 14.5. The standard InChI is InChI=1S/C17H32N2O2/c1-16(2)14(12-17(16,3)21-5)19(4)15(20)7-6-13-8-10-18-11-9-13/h13-14,18H,6-12H2,1-5H3. The van der Waals surface area contributed by atoms with Crippen LogP contribution in [0, 0.1) is 11.3 Å². The van der Waals surface area contributed by atoms with Crippen molar-refractivity contribution in [2.45, 2.75) is 64.5 Å². The molecule has 2 aliphatic rings. The summed E-state index contributed by atoms with van der Waals surface area (Å²) in [6, 6.07) is 0.294. The Morgan fingerprint density at radius 3 is 2.43 bits per heavy atom. The quantitative estimate of drug-likeness (QED) is 0.847. The van der Waals surface area contributed by atoms with Gasteiger partial charge in [0, 0.05) is 32.0 Å². The van der Waals surface area contributed by atoms with Gasteiger partial charge in [0.05, 0.1) is 5.60 Å². The monoisotopic (exact) mass is 296 g/mol. The molecule has 1 saturated heterocycles. The Morgan fingerprint density at radius 2 is 1.90 bits per heavy atom. The second-order valence-electron chi connectivity index (χ2n) is 7.61. The number of methoxy groups -OCH3 is 1. The zero-order chi connectivity index (χ0) is 15.7. The molecule has 0 bridgehead atoms. The Hall–Kier alpha value is -0.610. The Bertz CT molecular complexity index is 377. The maximum atomic E-state index is 12.5. The number of hydrogen-bond donors (Lipinski definition) is 1. The van der Waals surface area contributed by atoms with E-state index in [9.17, 15) is 4.79 Å². The first kappa shape index (κ1) is 16.8. The van der Waals surface area contributed by atoms with Crippen molar-refractivity contribution in [1.29, 1.82) is 0 Å². The van der Waals surface area contributed by atoms with Gasteiger partial charge in [-0.1, -0.05) is 13.8 Å². The number of nitrogens with zero attached hydrogens (tertiary/aromatic N) is 1. The molecule has 0 aromatic heterocycles. The topological polar surface area (TPSA) is 41.6 Å². The predicted octanol–water partition coefficient (Wildman–Crippen LogP) is 2.43. The number of nitrogens with one attached hydrogen (secondary N) is 1. The smallest absolute Gasteiger partial charge is 0.222 e. The number of piperidine rings is 1. The molecule has 2 rings (SSSR count). The molecule has 2 unspecified atom stereocenters. The van der Waals surface area contributed by atoms with Crippen LogP contribution in [0.2, 0.25) is 0 Å². The van der Waals surface area contributed by atoms with Crippen molar-refractivity contribution in [3.8, 4) is 0 Å². The van der Waals surface area contributed by atoms with Crippen molar-refractivity contribution >= 4 is 5.91 Å². The van der Waals surface area contributed by atoms with Gasteiger partial charge < -0.3 is 15.0 Å². The van der Waals surface area contributed by atoms with E-state index in [1.807, 2.05) is 11.9 Å². The van der Waals surface area contributed by atoms with Gasteiger partial charge in [-0.15, -0.1) is 0 Å². The minimum atomic E-state index is -0.110. The summed E-state index contributed by atoms with van der Waals surface area (Å²) in [6.07, 6.45) is 5.10. The number of hydrogen-bond acceptors (Lipinski definition) is 3. The maximum Gasteiger partial charge on any atom is 0.222 e. The van der Waals surface area contributed by atoms with E-state index in [1.165, 1.54) is 12.8 Å². The van der Waals surface area contributed by atoms with Gasteiger partial charge in [-0.3, -0.25) is 4.79 Å². The molecule has 1 aliphatic carbocycles. The third-order valence-corrected chi connectivity index (χ3v) is 6.32. The molecule has 4 nitrogen and oxygen atoms in total. The molecular formula is C17H32N2O2. The van der Waals surface area contributed by atoms with Gasteiger partial charge in [0.25, 0.3) is 0 Å². The second-order valence-corrected chi connectivity index (χ2v) is 7.61. The van der Waals surface area contributed by atoms with E-state index in [0.29, 0.717) is 18.4 Å². The largest absolute Gasteiger partial charge is 0.378 e. The van der Waals surface area contributed by atoms with E-state index in [1.54, 1.807) is 7.11 Å². The minimum absolute atomic E-state index is 0.0148. The number of carbonyl (C=O) groups is 1. The molecule has 1 N–H and O–H groups in total. The number of amides is 1. The first-order chi connectivity index (χ1) is 9.82. The second kappa shape index (κ2) is 6.25. The summed E-state index contributed by atoms with van der Waals surface area (Å²) < 4.78 is 5.66. The number of ether oxygens (including phenoxy) is 1. The van der Waals surface area contributed by atoms with E-state index in [4.69, 9.17) is 4.74 Å². The summed E-state index contributed by atoms with van der Waals surface area (Å²) in [5.41, 5.74) is -0.0951. The number of rotatable bonds is 5. The molecule has 0 aromatic rings. The van der Waals surface area contributed by atoms with Crippen LogP contribution in [-0.4, -0.2) is 49.7 Å². The molecule has 1 amide bonds. The van der Waals surface area contributed by atoms with Crippen LogP contribution >= 0.6 is 0 Å². The van der Waals surface area contributed by atoms with Crippen molar-refractivity contribution in [2.24, 2.45) is 11.3 Å². The molecule has 1 aliphatic heterocycles. The molecule has 1 heterocycles. The van der Waals surface area contributed by atoms with Crippen molar-refractivity contribution in [2.75, 3.05) is 27.2 Å². The van der Waals surface area contributed by atoms with Crippen molar-refractivity contribution in [3.05, 3.63) is 0 Å². The van der Waals surface area contributed by atoms with Gasteiger partial charge in [0.1, 0.15) is 0 Å². The first-order valence-electron chi connectivity index (χ1n) is 8.33. The highest BCUT2D eigenvalue weighted by atomic mass is 16.5. The molecule has 122 valence electrons. The Kier molecular flexibility index (Phi) is 4.99. The molecule has 4 heteroatoms. The van der Waals surface area contributed by atoms with E-state index in [-0.39, 0.29) is 11.0 Å². The third kappa shape index (κ3) is 3.11. The Morgan fingerprint density at radius 1 is 1.29 bits per heavy atom. The fourth-order valence-electron chi connectivity index (χ4n) is 3.92. The van der Waals surface area contributed by atoms with Crippen LogP contribution in [-0.2, 0) is 9.53 Å². The van der Waals surface area contributed by atoms with Crippen LogP contribution in [0.3, 0.4) is 0 Å². The van der Waals surface area contributed by atoms with Gasteiger partial charge in [-0.25, -0.2) is 0 Å². The lowest BCUT2D eigenvalue weighted by Crippen LogP contribution is -2.68. The highest BCUT2D eigenvalue weighted by molar-refractivity contribution is 5.76. The lowest BCUT2D eigenvalue weighted by atomic mass is 9.55. The van der Waals surface area contributed by atoms with E-state index in [2.05, 4.69) is 26.1 Å².